The summed E-state index contributed by atoms with van der Waals surface area (Å²) in [4.78, 5) is 30.0. The summed E-state index contributed by atoms with van der Waals surface area (Å²) in [6, 6.07) is 19.9. The molecule has 0 aliphatic carbocycles. The zero-order valence-corrected chi connectivity index (χ0v) is 22.3. The fourth-order valence-corrected chi connectivity index (χ4v) is 5.02. The van der Waals surface area contributed by atoms with Crippen LogP contribution in [0.3, 0.4) is 0 Å². The normalized spacial score (nSPS) is 11.0. The summed E-state index contributed by atoms with van der Waals surface area (Å²) in [6.07, 6.45) is 6.38. The molecule has 202 valence electrons. The standard InChI is InChI=1S/C30H27N5O2.CH3NO/c1-19-11-12-23(25-15-27(33-29(19)25)21-16-32-34(17-21)13-6-14-36)22-8-5-10-28(20(22)2)35-18-31-26-9-4-3-7-24(26)30(35)37;2-1-3/h3-5,7-12,15-18,33,36H,6,13-14H2,1-2H3;1H,(H2,2,3). The van der Waals surface area contributed by atoms with Crippen molar-refractivity contribution in [2.75, 3.05) is 6.61 Å². The number of benzene rings is 3. The number of nitrogens with two attached hydrogens (primary N) is 1. The van der Waals surface area contributed by atoms with E-state index in [2.05, 4.69) is 58.9 Å². The van der Waals surface area contributed by atoms with E-state index in [1.807, 2.05) is 53.5 Å². The van der Waals surface area contributed by atoms with E-state index in [-0.39, 0.29) is 18.6 Å². The summed E-state index contributed by atoms with van der Waals surface area (Å²) in [5, 5.41) is 15.3. The van der Waals surface area contributed by atoms with Gasteiger partial charge in [-0.05, 0) is 66.8 Å². The van der Waals surface area contributed by atoms with Crippen LogP contribution in [0.1, 0.15) is 17.5 Å². The quantitative estimate of drug-likeness (QED) is 0.271. The second-order valence-corrected chi connectivity index (χ2v) is 9.49. The van der Waals surface area contributed by atoms with E-state index in [0.717, 1.165) is 50.1 Å². The van der Waals surface area contributed by atoms with E-state index in [4.69, 9.17) is 9.90 Å². The smallest absolute Gasteiger partial charge is 0.265 e. The monoisotopic (exact) mass is 534 g/mol. The minimum absolute atomic E-state index is 0.0814. The zero-order valence-electron chi connectivity index (χ0n) is 22.3. The summed E-state index contributed by atoms with van der Waals surface area (Å²) in [6.45, 7) is 4.97. The first-order valence-corrected chi connectivity index (χ1v) is 12.9. The van der Waals surface area contributed by atoms with E-state index < -0.39 is 0 Å². The van der Waals surface area contributed by atoms with Crippen molar-refractivity contribution in [1.82, 2.24) is 24.3 Å². The third-order valence-corrected chi connectivity index (χ3v) is 7.01. The number of para-hydroxylation sites is 1. The molecule has 9 nitrogen and oxygen atoms in total. The Labute approximate surface area is 230 Å². The molecule has 0 radical (unpaired) electrons. The van der Waals surface area contributed by atoms with Crippen LogP contribution in [0.5, 0.6) is 0 Å². The molecule has 40 heavy (non-hydrogen) atoms. The number of amides is 1. The van der Waals surface area contributed by atoms with Crippen molar-refractivity contribution in [3.8, 4) is 28.1 Å². The van der Waals surface area contributed by atoms with Gasteiger partial charge in [0.2, 0.25) is 6.41 Å². The molecule has 0 aliphatic rings. The van der Waals surface area contributed by atoms with Crippen molar-refractivity contribution in [3.63, 3.8) is 0 Å². The van der Waals surface area contributed by atoms with Gasteiger partial charge < -0.3 is 15.8 Å². The number of carbonyl (C=O) groups excluding carboxylic acids is 1. The lowest BCUT2D eigenvalue weighted by molar-refractivity contribution is -0.106. The zero-order chi connectivity index (χ0) is 28.2. The molecular weight excluding hydrogens is 504 g/mol. The Hall–Kier alpha value is -5.02. The number of hydrogen-bond acceptors (Lipinski definition) is 5. The molecule has 3 aromatic carbocycles. The number of aromatic amines is 1. The molecule has 3 heterocycles. The van der Waals surface area contributed by atoms with Gasteiger partial charge in [0.1, 0.15) is 6.33 Å². The number of aromatic nitrogens is 5. The third-order valence-electron chi connectivity index (χ3n) is 7.01. The van der Waals surface area contributed by atoms with Crippen LogP contribution in [0.25, 0.3) is 49.9 Å². The summed E-state index contributed by atoms with van der Waals surface area (Å²) in [7, 11) is 0. The van der Waals surface area contributed by atoms with Gasteiger partial charge in [-0.2, -0.15) is 5.10 Å². The number of aliphatic hydroxyl groups excluding tert-OH is 1. The number of rotatable bonds is 6. The minimum Gasteiger partial charge on any atom is -0.396 e. The topological polar surface area (TPSA) is 132 Å². The maximum atomic E-state index is 13.3. The van der Waals surface area contributed by atoms with E-state index >= 15 is 0 Å². The molecule has 0 fully saturated rings. The Balaban J connectivity index is 0.00000103. The van der Waals surface area contributed by atoms with Gasteiger partial charge in [0.25, 0.3) is 5.56 Å². The molecule has 0 saturated heterocycles. The van der Waals surface area contributed by atoms with Gasteiger partial charge in [0.15, 0.2) is 0 Å². The predicted octanol–water partition coefficient (Wildman–Crippen LogP) is 4.50. The van der Waals surface area contributed by atoms with Gasteiger partial charge in [-0.25, -0.2) is 4.98 Å². The fraction of sp³-hybridized carbons (Fsp3) is 0.161. The van der Waals surface area contributed by atoms with E-state index in [9.17, 15) is 4.79 Å². The molecule has 0 unspecified atom stereocenters. The molecule has 0 atom stereocenters. The lowest BCUT2D eigenvalue weighted by atomic mass is 9.95. The molecule has 9 heteroatoms. The molecular formula is C31H30N6O3. The summed E-state index contributed by atoms with van der Waals surface area (Å²) in [5.74, 6) is 0. The van der Waals surface area contributed by atoms with Crippen molar-refractivity contribution in [2.24, 2.45) is 5.73 Å². The Morgan fingerprint density at radius 1 is 1.02 bits per heavy atom. The van der Waals surface area contributed by atoms with Gasteiger partial charge >= 0.3 is 0 Å². The largest absolute Gasteiger partial charge is 0.396 e. The van der Waals surface area contributed by atoms with Crippen LogP contribution < -0.4 is 11.3 Å². The number of carbonyl (C=O) groups is 1. The number of nitrogens with zero attached hydrogens (tertiary/aromatic N) is 4. The number of nitrogens with one attached hydrogen (secondary N) is 1. The molecule has 0 spiro atoms. The molecule has 6 aromatic rings. The van der Waals surface area contributed by atoms with E-state index in [1.165, 1.54) is 0 Å². The van der Waals surface area contributed by atoms with Crippen LogP contribution in [0, 0.1) is 13.8 Å². The number of aliphatic hydroxyl groups is 1. The fourth-order valence-electron chi connectivity index (χ4n) is 5.02. The lowest BCUT2D eigenvalue weighted by Crippen LogP contribution is -2.19. The highest BCUT2D eigenvalue weighted by Crippen LogP contribution is 2.36. The molecule has 0 aliphatic heterocycles. The minimum atomic E-state index is -0.0814. The third kappa shape index (κ3) is 4.90. The first-order chi connectivity index (χ1) is 19.5. The Morgan fingerprint density at radius 2 is 1.82 bits per heavy atom. The number of primary amides is 1. The van der Waals surface area contributed by atoms with Crippen LogP contribution in [0.2, 0.25) is 0 Å². The van der Waals surface area contributed by atoms with Crippen molar-refractivity contribution in [2.45, 2.75) is 26.8 Å². The Kier molecular flexibility index (Phi) is 7.56. The van der Waals surface area contributed by atoms with Crippen LogP contribution in [-0.2, 0) is 11.3 Å². The van der Waals surface area contributed by atoms with Gasteiger partial charge in [-0.15, -0.1) is 0 Å². The van der Waals surface area contributed by atoms with Gasteiger partial charge in [0.05, 0.1) is 22.8 Å². The number of fused-ring (bicyclic) bond motifs is 2. The number of aryl methyl sites for hydroxylation is 2. The van der Waals surface area contributed by atoms with Gasteiger partial charge in [-0.3, -0.25) is 18.8 Å². The summed E-state index contributed by atoms with van der Waals surface area (Å²) in [5.41, 5.74) is 13.0. The SMILES string of the molecule is Cc1c(-c2ccc(C)c3[nH]c(-c4cnn(CCCO)c4)cc23)cccc1-n1cnc2ccccc2c1=O.NC=O. The average Bonchev–Trinajstić information content (AvgIpc) is 3.62. The average molecular weight is 535 g/mol. The maximum absolute atomic E-state index is 13.3. The number of H-pyrrole nitrogens is 1. The molecule has 4 N–H and O–H groups in total. The Morgan fingerprint density at radius 3 is 2.62 bits per heavy atom. The summed E-state index contributed by atoms with van der Waals surface area (Å²) < 4.78 is 3.49. The highest BCUT2D eigenvalue weighted by Gasteiger charge is 2.16. The molecule has 1 amide bonds. The van der Waals surface area contributed by atoms with Gasteiger partial charge in [0, 0.05) is 41.5 Å². The van der Waals surface area contributed by atoms with Crippen molar-refractivity contribution in [1.29, 1.82) is 0 Å². The van der Waals surface area contributed by atoms with E-state index in [1.54, 1.807) is 10.9 Å². The maximum Gasteiger partial charge on any atom is 0.265 e. The van der Waals surface area contributed by atoms with Crippen LogP contribution >= 0.6 is 0 Å². The van der Waals surface area contributed by atoms with E-state index in [0.29, 0.717) is 23.9 Å². The Bertz CT molecular complexity index is 1880. The predicted molar refractivity (Wildman–Crippen MR) is 157 cm³/mol. The number of hydrogen-bond donors (Lipinski definition) is 3. The first kappa shape index (κ1) is 26.6. The van der Waals surface area contributed by atoms with Crippen LogP contribution in [0.4, 0.5) is 0 Å². The second kappa shape index (κ2) is 11.4. The highest BCUT2D eigenvalue weighted by molar-refractivity contribution is 6.00. The van der Waals surface area contributed by atoms with Crippen LogP contribution in [-0.4, -0.2) is 42.4 Å². The molecule has 3 aromatic heterocycles. The molecule has 0 bridgehead atoms. The van der Waals surface area contributed by atoms with Gasteiger partial charge in [-0.1, -0.05) is 36.4 Å². The van der Waals surface area contributed by atoms with Crippen molar-refractivity contribution >= 4 is 28.2 Å². The molecule has 0 saturated carbocycles. The van der Waals surface area contributed by atoms with Crippen molar-refractivity contribution < 1.29 is 9.90 Å². The second-order valence-electron chi connectivity index (χ2n) is 9.49. The summed E-state index contributed by atoms with van der Waals surface area (Å²) >= 11 is 0. The molecule has 6 rings (SSSR count). The first-order valence-electron chi connectivity index (χ1n) is 12.9. The van der Waals surface area contributed by atoms with Crippen molar-refractivity contribution in [3.05, 3.63) is 101 Å². The van der Waals surface area contributed by atoms with Crippen LogP contribution in [0.15, 0.2) is 84.2 Å². The highest BCUT2D eigenvalue weighted by atomic mass is 16.3. The lowest BCUT2D eigenvalue weighted by Gasteiger charge is -2.15.